The Balaban J connectivity index is 1.65. The first-order valence-corrected chi connectivity index (χ1v) is 9.98. The zero-order valence-corrected chi connectivity index (χ0v) is 17.0. The number of methoxy groups -OCH3 is 1. The van der Waals surface area contributed by atoms with E-state index >= 15 is 0 Å². The minimum absolute atomic E-state index is 0.0347. The Labute approximate surface area is 177 Å². The maximum atomic E-state index is 13.9. The van der Waals surface area contributed by atoms with Crippen LogP contribution in [0, 0.1) is 5.82 Å². The summed E-state index contributed by atoms with van der Waals surface area (Å²) < 4.78 is 20.7. The predicted octanol–water partition coefficient (Wildman–Crippen LogP) is 0.663. The van der Waals surface area contributed by atoms with E-state index in [-0.39, 0.29) is 24.7 Å². The number of carbonyl (C=O) groups excluding carboxylic acids is 1. The molecule has 1 amide bonds. The van der Waals surface area contributed by atoms with Gasteiger partial charge in [0.15, 0.2) is 5.65 Å². The lowest BCUT2D eigenvalue weighted by Crippen LogP contribution is -2.36. The molecule has 0 spiro atoms. The molecule has 3 aromatic rings. The van der Waals surface area contributed by atoms with Crippen LogP contribution in [0.1, 0.15) is 34.8 Å². The highest BCUT2D eigenvalue weighted by molar-refractivity contribution is 5.99. The van der Waals surface area contributed by atoms with Gasteiger partial charge in [-0.3, -0.25) is 4.79 Å². The minimum Gasteiger partial charge on any atom is -0.481 e. The van der Waals surface area contributed by atoms with Crippen molar-refractivity contribution in [3.05, 3.63) is 47.7 Å². The van der Waals surface area contributed by atoms with E-state index in [2.05, 4.69) is 20.4 Å². The Hall–Kier alpha value is -3.31. The maximum absolute atomic E-state index is 13.9. The Bertz CT molecular complexity index is 1090. The number of ether oxygens (including phenoxy) is 1. The van der Waals surface area contributed by atoms with Gasteiger partial charge in [0, 0.05) is 31.4 Å². The molecule has 0 bridgehead atoms. The number of hydrogen-bond acceptors (Lipinski definition) is 8. The number of nitrogens with one attached hydrogen (secondary N) is 1. The lowest BCUT2D eigenvalue weighted by Gasteiger charge is -2.26. The van der Waals surface area contributed by atoms with E-state index in [9.17, 15) is 14.3 Å². The second-order valence-electron chi connectivity index (χ2n) is 7.32. The zero-order chi connectivity index (χ0) is 22.0. The van der Waals surface area contributed by atoms with Gasteiger partial charge in [0.1, 0.15) is 17.2 Å². The summed E-state index contributed by atoms with van der Waals surface area (Å²) in [4.78, 5) is 23.3. The van der Waals surface area contributed by atoms with Gasteiger partial charge >= 0.3 is 0 Å². The molecule has 2 atom stereocenters. The lowest BCUT2D eigenvalue weighted by molar-refractivity contribution is 0.0921. The van der Waals surface area contributed by atoms with Crippen LogP contribution in [0.2, 0.25) is 0 Å². The molecule has 4 rings (SSSR count). The number of amides is 1. The summed E-state index contributed by atoms with van der Waals surface area (Å²) in [6, 6.07) is 3.08. The molecular weight excluding hydrogens is 405 g/mol. The molecule has 0 saturated carbocycles. The summed E-state index contributed by atoms with van der Waals surface area (Å²) >= 11 is 0. The molecule has 4 heterocycles. The number of aromatic nitrogens is 4. The summed E-state index contributed by atoms with van der Waals surface area (Å²) in [5.74, 6) is 0.182. The number of nitrogens with zero attached hydrogens (tertiary/aromatic N) is 5. The second kappa shape index (κ2) is 8.82. The van der Waals surface area contributed by atoms with E-state index < -0.39 is 17.8 Å². The monoisotopic (exact) mass is 429 g/mol. The van der Waals surface area contributed by atoms with Crippen molar-refractivity contribution in [1.29, 1.82) is 0 Å². The van der Waals surface area contributed by atoms with Gasteiger partial charge in [-0.2, -0.15) is 5.10 Å². The van der Waals surface area contributed by atoms with Crippen LogP contribution >= 0.6 is 0 Å². The van der Waals surface area contributed by atoms with Gasteiger partial charge in [0.05, 0.1) is 31.6 Å². The van der Waals surface area contributed by atoms with E-state index in [0.29, 0.717) is 29.5 Å². The molecule has 10 nitrogen and oxygen atoms in total. The second-order valence-corrected chi connectivity index (χ2v) is 7.32. The van der Waals surface area contributed by atoms with Gasteiger partial charge in [-0.15, -0.1) is 0 Å². The molecule has 1 fully saturated rings. The molecule has 3 aromatic heterocycles. The summed E-state index contributed by atoms with van der Waals surface area (Å²) in [7, 11) is 1.51. The number of hydrogen-bond donors (Lipinski definition) is 3. The normalized spacial score (nSPS) is 17.2. The first-order chi connectivity index (χ1) is 15.0. The highest BCUT2D eigenvalue weighted by atomic mass is 19.1. The van der Waals surface area contributed by atoms with Gasteiger partial charge < -0.3 is 25.8 Å². The maximum Gasteiger partial charge on any atom is 0.256 e. The van der Waals surface area contributed by atoms with Gasteiger partial charge in [-0.25, -0.2) is 18.9 Å². The van der Waals surface area contributed by atoms with E-state index in [4.69, 9.17) is 10.5 Å². The quantitative estimate of drug-likeness (QED) is 0.499. The summed E-state index contributed by atoms with van der Waals surface area (Å²) in [6.07, 6.45) is 5.13. The number of carbonyl (C=O) groups is 1. The average molecular weight is 429 g/mol. The standard InChI is InChI=1S/C20H24FN7O3/c1-31-20-14(7-12(21)9-24-20)16-3-2-5-27(16)17-4-6-28-18(26-17)15(11-25-28)19(30)23-10-13(29)8-22/h4,6-7,9,11,13,16,29H,2-3,5,8,10,22H2,1H3,(H,23,30)/t13?,16-/m1/s1. The van der Waals surface area contributed by atoms with E-state index in [1.165, 1.54) is 23.9 Å². The van der Waals surface area contributed by atoms with E-state index in [0.717, 1.165) is 19.0 Å². The average Bonchev–Trinajstić information content (AvgIpc) is 3.43. The number of fused-ring (bicyclic) bond motifs is 1. The van der Waals surface area contributed by atoms with Crippen molar-refractivity contribution in [3.8, 4) is 5.88 Å². The fourth-order valence-electron chi connectivity index (χ4n) is 3.78. The largest absolute Gasteiger partial charge is 0.481 e. The van der Waals surface area contributed by atoms with Crippen molar-refractivity contribution in [2.75, 3.05) is 31.6 Å². The van der Waals surface area contributed by atoms with Gasteiger partial charge in [0.2, 0.25) is 5.88 Å². The molecule has 0 radical (unpaired) electrons. The molecule has 1 saturated heterocycles. The van der Waals surface area contributed by atoms with Crippen LogP contribution < -0.4 is 20.7 Å². The molecule has 4 N–H and O–H groups in total. The minimum atomic E-state index is -0.825. The molecular formula is C20H24FN7O3. The van der Waals surface area contributed by atoms with E-state index in [1.54, 1.807) is 12.3 Å². The molecule has 31 heavy (non-hydrogen) atoms. The van der Waals surface area contributed by atoms with Crippen LogP contribution in [0.5, 0.6) is 5.88 Å². The first kappa shape index (κ1) is 20.9. The van der Waals surface area contributed by atoms with Gasteiger partial charge in [0.25, 0.3) is 5.91 Å². The van der Waals surface area contributed by atoms with Crippen molar-refractivity contribution in [2.24, 2.45) is 5.73 Å². The van der Waals surface area contributed by atoms with Crippen molar-refractivity contribution in [1.82, 2.24) is 24.9 Å². The molecule has 0 aliphatic carbocycles. The van der Waals surface area contributed by atoms with Gasteiger partial charge in [-0.1, -0.05) is 0 Å². The highest BCUT2D eigenvalue weighted by Gasteiger charge is 2.31. The molecule has 1 aliphatic heterocycles. The number of nitrogens with two attached hydrogens (primary N) is 1. The number of pyridine rings is 1. The van der Waals surface area contributed by atoms with Gasteiger partial charge in [-0.05, 0) is 25.0 Å². The van der Waals surface area contributed by atoms with Crippen molar-refractivity contribution in [3.63, 3.8) is 0 Å². The number of aliphatic hydroxyl groups excluding tert-OH is 1. The van der Waals surface area contributed by atoms with Crippen LogP contribution in [-0.2, 0) is 0 Å². The van der Waals surface area contributed by atoms with Crippen LogP contribution in [-0.4, -0.2) is 63.4 Å². The molecule has 11 heteroatoms. The molecule has 0 aromatic carbocycles. The highest BCUT2D eigenvalue weighted by Crippen LogP contribution is 2.38. The van der Waals surface area contributed by atoms with Crippen LogP contribution in [0.15, 0.2) is 30.7 Å². The lowest BCUT2D eigenvalue weighted by atomic mass is 10.1. The third-order valence-corrected chi connectivity index (χ3v) is 5.31. The van der Waals surface area contributed by atoms with Crippen molar-refractivity contribution in [2.45, 2.75) is 25.0 Å². The van der Waals surface area contributed by atoms with Crippen molar-refractivity contribution < 1.29 is 19.0 Å². The number of halogens is 1. The van der Waals surface area contributed by atoms with E-state index in [1.807, 2.05) is 4.90 Å². The Morgan fingerprint density at radius 1 is 1.48 bits per heavy atom. The predicted molar refractivity (Wildman–Crippen MR) is 110 cm³/mol. The van der Waals surface area contributed by atoms with Crippen LogP contribution in [0.25, 0.3) is 5.65 Å². The van der Waals surface area contributed by atoms with Crippen LogP contribution in [0.4, 0.5) is 10.2 Å². The number of anilines is 1. The zero-order valence-electron chi connectivity index (χ0n) is 17.0. The Kier molecular flexibility index (Phi) is 5.96. The SMILES string of the molecule is COc1ncc(F)cc1[C@H]1CCCN1c1ccn2ncc(C(=O)NCC(O)CN)c2n1. The number of aliphatic hydroxyl groups is 1. The summed E-state index contributed by atoms with van der Waals surface area (Å²) in [5.41, 5.74) is 6.70. The Morgan fingerprint density at radius 2 is 2.32 bits per heavy atom. The molecule has 1 unspecified atom stereocenters. The summed E-state index contributed by atoms with van der Waals surface area (Å²) in [6.45, 7) is 0.797. The topological polar surface area (TPSA) is 131 Å². The smallest absolute Gasteiger partial charge is 0.256 e. The summed E-state index contributed by atoms with van der Waals surface area (Å²) in [5, 5.41) is 16.4. The fraction of sp³-hybridized carbons (Fsp3) is 0.400. The molecule has 164 valence electrons. The Morgan fingerprint density at radius 3 is 3.10 bits per heavy atom. The van der Waals surface area contributed by atoms with Crippen LogP contribution in [0.3, 0.4) is 0 Å². The number of rotatable bonds is 7. The third-order valence-electron chi connectivity index (χ3n) is 5.31. The fourth-order valence-corrected chi connectivity index (χ4v) is 3.78. The first-order valence-electron chi connectivity index (χ1n) is 9.98. The third kappa shape index (κ3) is 4.14. The van der Waals surface area contributed by atoms with Crippen molar-refractivity contribution >= 4 is 17.4 Å². The molecule has 1 aliphatic rings.